The lowest BCUT2D eigenvalue weighted by atomic mass is 9.79. The van der Waals surface area contributed by atoms with Crippen molar-refractivity contribution in [2.24, 2.45) is 11.8 Å². The van der Waals surface area contributed by atoms with E-state index < -0.39 is 22.9 Å². The molecule has 4 atom stereocenters. The summed E-state index contributed by atoms with van der Waals surface area (Å²) in [6.45, 7) is 3.45. The van der Waals surface area contributed by atoms with Crippen molar-refractivity contribution >= 4 is 29.3 Å². The Morgan fingerprint density at radius 1 is 1.22 bits per heavy atom. The van der Waals surface area contributed by atoms with Gasteiger partial charge in [0.2, 0.25) is 5.91 Å². The molecule has 1 amide bonds. The monoisotopic (exact) mass is 454 g/mol. The number of esters is 1. The first-order chi connectivity index (χ1) is 15.3. The number of thioether (sulfide) groups is 1. The van der Waals surface area contributed by atoms with E-state index in [-0.39, 0.29) is 35.9 Å². The number of rotatable bonds is 7. The Kier molecular flexibility index (Phi) is 6.03. The van der Waals surface area contributed by atoms with Gasteiger partial charge in [0, 0.05) is 27.9 Å². The number of non-ortho nitro benzene ring substituents is 1. The number of nitro benzene ring substituents is 1. The summed E-state index contributed by atoms with van der Waals surface area (Å²) in [7, 11) is 0. The zero-order valence-electron chi connectivity index (χ0n) is 17.5. The van der Waals surface area contributed by atoms with Crippen LogP contribution in [0.2, 0.25) is 0 Å². The number of hydrogen-bond acceptors (Lipinski definition) is 7. The average Bonchev–Trinajstić information content (AvgIpc) is 3.01. The van der Waals surface area contributed by atoms with Crippen molar-refractivity contribution in [2.45, 2.75) is 37.5 Å². The van der Waals surface area contributed by atoms with Gasteiger partial charge < -0.3 is 14.7 Å². The number of benzene rings is 2. The SMILES string of the molecule is CC(O)[C@H]1C(=O)N2C(C(=O)OCc3ccc([N+](=O)[O-])cc3)=C(Sc3ccccc3)[C@H](C)[C@H]12. The predicted molar refractivity (Wildman–Crippen MR) is 117 cm³/mol. The largest absolute Gasteiger partial charge is 0.456 e. The summed E-state index contributed by atoms with van der Waals surface area (Å²) in [5.74, 6) is -1.62. The molecule has 2 aromatic rings. The van der Waals surface area contributed by atoms with Gasteiger partial charge in [-0.3, -0.25) is 14.9 Å². The molecule has 4 rings (SSSR count). The second-order valence-electron chi connectivity index (χ2n) is 7.88. The van der Waals surface area contributed by atoms with Crippen LogP contribution in [0.4, 0.5) is 5.69 Å². The highest BCUT2D eigenvalue weighted by atomic mass is 32.2. The summed E-state index contributed by atoms with van der Waals surface area (Å²) in [5, 5.41) is 20.9. The number of aliphatic hydroxyl groups excluding tert-OH is 1. The van der Waals surface area contributed by atoms with Gasteiger partial charge >= 0.3 is 5.97 Å². The minimum absolute atomic E-state index is 0.0490. The molecule has 2 aliphatic heterocycles. The Bertz CT molecular complexity index is 1080. The fourth-order valence-electron chi connectivity index (χ4n) is 4.19. The fourth-order valence-corrected chi connectivity index (χ4v) is 5.34. The predicted octanol–water partition coefficient (Wildman–Crippen LogP) is 3.50. The molecule has 0 bridgehead atoms. The lowest BCUT2D eigenvalue weighted by molar-refractivity contribution is -0.384. The van der Waals surface area contributed by atoms with E-state index in [9.17, 15) is 24.8 Å². The van der Waals surface area contributed by atoms with Gasteiger partial charge in [-0.05, 0) is 36.8 Å². The van der Waals surface area contributed by atoms with Gasteiger partial charge in [-0.15, -0.1) is 0 Å². The normalized spacial score (nSPS) is 22.9. The first kappa shape index (κ1) is 22.0. The topological polar surface area (TPSA) is 110 Å². The van der Waals surface area contributed by atoms with E-state index >= 15 is 0 Å². The Hall–Kier alpha value is -3.17. The highest BCUT2D eigenvalue weighted by Gasteiger charge is 2.60. The number of ether oxygens (including phenoxy) is 1. The summed E-state index contributed by atoms with van der Waals surface area (Å²) in [6, 6.07) is 15.0. The molecule has 1 unspecified atom stereocenters. The van der Waals surface area contributed by atoms with Crippen LogP contribution in [0.15, 0.2) is 70.1 Å². The van der Waals surface area contributed by atoms with Crippen LogP contribution in [0, 0.1) is 22.0 Å². The van der Waals surface area contributed by atoms with Crippen LogP contribution in [0.5, 0.6) is 0 Å². The third-order valence-corrected chi connectivity index (χ3v) is 7.08. The number of aliphatic hydroxyl groups is 1. The molecular weight excluding hydrogens is 432 g/mol. The van der Waals surface area contributed by atoms with Crippen LogP contribution in [0.1, 0.15) is 19.4 Å². The van der Waals surface area contributed by atoms with E-state index in [1.54, 1.807) is 6.92 Å². The maximum absolute atomic E-state index is 13.1. The molecular formula is C23H22N2O6S. The molecule has 0 radical (unpaired) electrons. The van der Waals surface area contributed by atoms with Gasteiger partial charge in [-0.1, -0.05) is 36.9 Å². The molecule has 0 saturated carbocycles. The smallest absolute Gasteiger partial charge is 0.356 e. The van der Waals surface area contributed by atoms with Crippen LogP contribution in [-0.4, -0.2) is 39.0 Å². The lowest BCUT2D eigenvalue weighted by Gasteiger charge is -2.46. The standard InChI is InChI=1S/C23H22N2O6S/c1-13-19-18(14(2)26)22(27)24(19)20(21(13)32-17-6-4-3-5-7-17)23(28)31-12-15-8-10-16(11-9-15)25(29)30/h3-11,13-14,18-19,26H,12H2,1-2H3/t13-,14?,18-,19-/m1/s1. The second-order valence-corrected chi connectivity index (χ2v) is 9.00. The summed E-state index contributed by atoms with van der Waals surface area (Å²) in [4.78, 5) is 39.3. The molecule has 9 heteroatoms. The summed E-state index contributed by atoms with van der Waals surface area (Å²) in [6.07, 6.45) is -0.815. The van der Waals surface area contributed by atoms with Crippen LogP contribution in [0.25, 0.3) is 0 Å². The molecule has 1 N–H and O–H groups in total. The van der Waals surface area contributed by atoms with Crippen molar-refractivity contribution in [3.63, 3.8) is 0 Å². The van der Waals surface area contributed by atoms with Gasteiger partial charge in [0.1, 0.15) is 12.3 Å². The first-order valence-electron chi connectivity index (χ1n) is 10.2. The molecule has 0 spiro atoms. The molecule has 0 aromatic heterocycles. The minimum Gasteiger partial charge on any atom is -0.456 e. The Labute approximate surface area is 189 Å². The van der Waals surface area contributed by atoms with Crippen molar-refractivity contribution in [1.82, 2.24) is 4.90 Å². The van der Waals surface area contributed by atoms with Crippen LogP contribution in [-0.2, 0) is 20.9 Å². The van der Waals surface area contributed by atoms with Crippen molar-refractivity contribution in [3.05, 3.63) is 80.9 Å². The zero-order chi connectivity index (χ0) is 23.0. The number of fused-ring (bicyclic) bond motifs is 1. The van der Waals surface area contributed by atoms with E-state index in [1.807, 2.05) is 37.3 Å². The van der Waals surface area contributed by atoms with Crippen LogP contribution in [0.3, 0.4) is 0 Å². The van der Waals surface area contributed by atoms with Gasteiger partial charge in [-0.2, -0.15) is 0 Å². The third-order valence-electron chi connectivity index (χ3n) is 5.79. The van der Waals surface area contributed by atoms with E-state index in [4.69, 9.17) is 4.74 Å². The number of hydrogen-bond donors (Lipinski definition) is 1. The van der Waals surface area contributed by atoms with Gasteiger partial charge in [0.25, 0.3) is 5.69 Å². The van der Waals surface area contributed by atoms with Crippen molar-refractivity contribution in [1.29, 1.82) is 0 Å². The first-order valence-corrected chi connectivity index (χ1v) is 11.0. The van der Waals surface area contributed by atoms with E-state index in [0.29, 0.717) is 5.56 Å². The zero-order valence-corrected chi connectivity index (χ0v) is 18.3. The molecule has 32 heavy (non-hydrogen) atoms. The maximum Gasteiger partial charge on any atom is 0.356 e. The molecule has 8 nitrogen and oxygen atoms in total. The Morgan fingerprint density at radius 3 is 2.47 bits per heavy atom. The third kappa shape index (κ3) is 3.89. The number of nitrogens with zero attached hydrogens (tertiary/aromatic N) is 2. The molecule has 1 fully saturated rings. The van der Waals surface area contributed by atoms with Crippen molar-refractivity contribution < 1.29 is 24.4 Å². The molecule has 2 aromatic carbocycles. The summed E-state index contributed by atoms with van der Waals surface area (Å²) < 4.78 is 5.49. The highest BCUT2D eigenvalue weighted by molar-refractivity contribution is 8.03. The molecule has 2 heterocycles. The number of amides is 1. The Morgan fingerprint density at radius 2 is 1.88 bits per heavy atom. The highest BCUT2D eigenvalue weighted by Crippen LogP contribution is 2.52. The van der Waals surface area contributed by atoms with Crippen molar-refractivity contribution in [2.75, 3.05) is 0 Å². The van der Waals surface area contributed by atoms with E-state index in [2.05, 4.69) is 0 Å². The quantitative estimate of drug-likeness (QED) is 0.295. The van der Waals surface area contributed by atoms with E-state index in [0.717, 1.165) is 9.80 Å². The molecule has 0 aliphatic carbocycles. The number of nitro groups is 1. The van der Waals surface area contributed by atoms with Crippen LogP contribution >= 0.6 is 11.8 Å². The average molecular weight is 455 g/mol. The maximum atomic E-state index is 13.1. The molecule has 1 saturated heterocycles. The van der Waals surface area contributed by atoms with E-state index in [1.165, 1.54) is 40.9 Å². The molecule has 2 aliphatic rings. The Balaban J connectivity index is 1.58. The van der Waals surface area contributed by atoms with Crippen LogP contribution < -0.4 is 0 Å². The summed E-state index contributed by atoms with van der Waals surface area (Å²) >= 11 is 1.41. The molecule has 166 valence electrons. The second kappa shape index (κ2) is 8.76. The number of β-lactam (4-membered cyclic amide) rings is 1. The lowest BCUT2D eigenvalue weighted by Crippen LogP contribution is -2.63. The van der Waals surface area contributed by atoms with Crippen molar-refractivity contribution in [3.8, 4) is 0 Å². The van der Waals surface area contributed by atoms with Gasteiger partial charge in [-0.25, -0.2) is 4.79 Å². The number of carbonyl (C=O) groups excluding carboxylic acids is 2. The van der Waals surface area contributed by atoms with Gasteiger partial charge in [0.15, 0.2) is 0 Å². The number of carbonyl (C=O) groups is 2. The minimum atomic E-state index is -0.815. The van der Waals surface area contributed by atoms with Gasteiger partial charge in [0.05, 0.1) is 23.0 Å². The fraction of sp³-hybridized carbons (Fsp3) is 0.304. The summed E-state index contributed by atoms with van der Waals surface area (Å²) in [5.41, 5.74) is 0.758.